The topological polar surface area (TPSA) is 106 Å². The van der Waals surface area contributed by atoms with E-state index in [2.05, 4.69) is 15.5 Å². The Morgan fingerprint density at radius 1 is 1.20 bits per heavy atom. The lowest BCUT2D eigenvalue weighted by Crippen LogP contribution is -2.23. The number of amides is 1. The van der Waals surface area contributed by atoms with Crippen molar-refractivity contribution in [3.05, 3.63) is 53.6 Å². The molecular formula is C20H21N3O5S2. The number of nitrogens with zero attached hydrogens (tertiary/aromatic N) is 2. The molecule has 1 N–H and O–H groups in total. The van der Waals surface area contributed by atoms with Gasteiger partial charge in [-0.1, -0.05) is 23.9 Å². The van der Waals surface area contributed by atoms with E-state index >= 15 is 0 Å². The first-order chi connectivity index (χ1) is 14.3. The Morgan fingerprint density at radius 3 is 2.57 bits per heavy atom. The van der Waals surface area contributed by atoms with Gasteiger partial charge in [-0.25, -0.2) is 0 Å². The Labute approximate surface area is 179 Å². The van der Waals surface area contributed by atoms with E-state index in [9.17, 15) is 13.2 Å². The van der Waals surface area contributed by atoms with Gasteiger partial charge in [0.25, 0.3) is 0 Å². The molecule has 0 aliphatic carbocycles. The number of para-hydroxylation sites is 1. The molecule has 0 aromatic heterocycles. The molecule has 1 aliphatic heterocycles. The van der Waals surface area contributed by atoms with Crippen LogP contribution < -0.4 is 14.2 Å². The molecule has 2 aromatic carbocycles. The molecule has 10 heteroatoms. The molecule has 30 heavy (non-hydrogen) atoms. The molecule has 0 unspecified atom stereocenters. The number of ether oxygens (including phenoxy) is 1. The lowest BCUT2D eigenvalue weighted by Gasteiger charge is -2.12. The fraction of sp³-hybridized carbons (Fsp3) is 0.250. The molecule has 8 nitrogen and oxygen atoms in total. The summed E-state index contributed by atoms with van der Waals surface area (Å²) in [6.07, 6.45) is 1.39. The Bertz CT molecular complexity index is 1100. The second-order valence-corrected chi connectivity index (χ2v) is 9.21. The summed E-state index contributed by atoms with van der Waals surface area (Å²) in [6, 6.07) is 11.2. The molecule has 0 spiro atoms. The summed E-state index contributed by atoms with van der Waals surface area (Å²) >= 11 is 1.27. The summed E-state index contributed by atoms with van der Waals surface area (Å²) < 4.78 is 36.2. The smallest absolute Gasteiger partial charge is 0.339 e. The molecule has 1 aliphatic rings. The third-order valence-electron chi connectivity index (χ3n) is 4.09. The Balaban J connectivity index is 1.83. The van der Waals surface area contributed by atoms with E-state index in [0.29, 0.717) is 28.7 Å². The monoisotopic (exact) mass is 447 g/mol. The number of amidine groups is 1. The van der Waals surface area contributed by atoms with Gasteiger partial charge >= 0.3 is 10.1 Å². The maximum Gasteiger partial charge on any atom is 0.339 e. The molecule has 0 saturated carbocycles. The highest BCUT2D eigenvalue weighted by molar-refractivity contribution is 8.15. The van der Waals surface area contributed by atoms with Gasteiger partial charge in [-0.05, 0) is 56.7 Å². The van der Waals surface area contributed by atoms with E-state index in [1.807, 2.05) is 6.92 Å². The predicted octanol–water partition coefficient (Wildman–Crippen LogP) is 3.10. The fourth-order valence-electron chi connectivity index (χ4n) is 2.57. The predicted molar refractivity (Wildman–Crippen MR) is 117 cm³/mol. The summed E-state index contributed by atoms with van der Waals surface area (Å²) in [7, 11) is -4.06. The quantitative estimate of drug-likeness (QED) is 0.397. The lowest BCUT2D eigenvalue weighted by molar-refractivity contribution is -0.118. The van der Waals surface area contributed by atoms with Crippen LogP contribution in [0.2, 0.25) is 0 Å². The number of hydrogen-bond acceptors (Lipinski definition) is 8. The van der Waals surface area contributed by atoms with Crippen molar-refractivity contribution < 1.29 is 22.1 Å². The zero-order valence-corrected chi connectivity index (χ0v) is 18.3. The summed E-state index contributed by atoms with van der Waals surface area (Å²) in [5.74, 6) is 0.604. The van der Waals surface area contributed by atoms with Gasteiger partial charge in [-0.3, -0.25) is 4.79 Å². The van der Waals surface area contributed by atoms with E-state index in [1.54, 1.807) is 44.2 Å². The van der Waals surface area contributed by atoms with Crippen LogP contribution in [0.25, 0.3) is 0 Å². The van der Waals surface area contributed by atoms with Crippen molar-refractivity contribution >= 4 is 39.2 Å². The summed E-state index contributed by atoms with van der Waals surface area (Å²) in [5.41, 5.74) is 1.06. The Kier molecular flexibility index (Phi) is 6.78. The van der Waals surface area contributed by atoms with Crippen molar-refractivity contribution in [1.29, 1.82) is 0 Å². The number of hydrogen-bond donors (Lipinski definition) is 1. The van der Waals surface area contributed by atoms with Gasteiger partial charge < -0.3 is 14.2 Å². The van der Waals surface area contributed by atoms with Crippen LogP contribution in [0.3, 0.4) is 0 Å². The van der Waals surface area contributed by atoms with Crippen LogP contribution in [0.1, 0.15) is 25.0 Å². The first kappa shape index (κ1) is 21.8. The minimum atomic E-state index is -4.06. The summed E-state index contributed by atoms with van der Waals surface area (Å²) in [6.45, 7) is 5.84. The van der Waals surface area contributed by atoms with Crippen LogP contribution in [0.5, 0.6) is 11.5 Å². The summed E-state index contributed by atoms with van der Waals surface area (Å²) in [4.78, 5) is 11.5. The molecule has 1 fully saturated rings. The molecule has 2 aromatic rings. The molecule has 1 atom stereocenters. The van der Waals surface area contributed by atoms with Crippen molar-refractivity contribution in [1.82, 2.24) is 5.32 Å². The third-order valence-corrected chi connectivity index (χ3v) is 6.30. The van der Waals surface area contributed by atoms with Crippen molar-refractivity contribution in [2.24, 2.45) is 10.2 Å². The van der Waals surface area contributed by atoms with Gasteiger partial charge in [-0.2, -0.15) is 13.5 Å². The van der Waals surface area contributed by atoms with E-state index in [1.165, 1.54) is 30.1 Å². The van der Waals surface area contributed by atoms with E-state index in [4.69, 9.17) is 8.92 Å². The molecule has 3 rings (SSSR count). The number of nitrogens with one attached hydrogen (secondary N) is 1. The Morgan fingerprint density at radius 2 is 1.93 bits per heavy atom. The normalized spacial score (nSPS) is 18.0. The van der Waals surface area contributed by atoms with Crippen LogP contribution in [-0.4, -0.2) is 37.6 Å². The minimum Gasteiger partial charge on any atom is -0.494 e. The zero-order chi connectivity index (χ0) is 21.7. The van der Waals surface area contributed by atoms with Crippen molar-refractivity contribution in [2.45, 2.75) is 30.9 Å². The van der Waals surface area contributed by atoms with Crippen LogP contribution in [0.4, 0.5) is 0 Å². The average molecular weight is 448 g/mol. The van der Waals surface area contributed by atoms with Gasteiger partial charge in [0, 0.05) is 5.56 Å². The van der Waals surface area contributed by atoms with Gasteiger partial charge in [0.2, 0.25) is 5.91 Å². The zero-order valence-electron chi connectivity index (χ0n) is 16.7. The molecule has 0 radical (unpaired) electrons. The molecule has 1 amide bonds. The average Bonchev–Trinajstić information content (AvgIpc) is 3.02. The standard InChI is InChI=1S/C20H21N3O5S2/c1-4-27-16-8-10-17(11-9-16)30(25,26)28-18-13(2)6-5-7-15(18)12-21-23-20-22-19(24)14(3)29-20/h5-12,14H,4H2,1-3H3,(H,22,23,24)/b21-12-/t14-/m1/s1. The third kappa shape index (κ3) is 5.19. The van der Waals surface area contributed by atoms with Crippen LogP contribution in [0.15, 0.2) is 57.6 Å². The van der Waals surface area contributed by atoms with Crippen LogP contribution in [-0.2, 0) is 14.9 Å². The highest BCUT2D eigenvalue weighted by atomic mass is 32.2. The van der Waals surface area contributed by atoms with Crippen molar-refractivity contribution in [2.75, 3.05) is 6.61 Å². The van der Waals surface area contributed by atoms with Gasteiger partial charge in [0.05, 0.1) is 18.1 Å². The van der Waals surface area contributed by atoms with E-state index < -0.39 is 10.1 Å². The van der Waals surface area contributed by atoms with Crippen molar-refractivity contribution in [3.63, 3.8) is 0 Å². The van der Waals surface area contributed by atoms with Crippen LogP contribution >= 0.6 is 11.8 Å². The molecule has 1 saturated heterocycles. The number of rotatable bonds is 7. The highest BCUT2D eigenvalue weighted by Gasteiger charge is 2.25. The maximum atomic E-state index is 12.7. The van der Waals surface area contributed by atoms with Gasteiger partial charge in [0.15, 0.2) is 10.9 Å². The van der Waals surface area contributed by atoms with Crippen LogP contribution in [0, 0.1) is 6.92 Å². The fourth-order valence-corrected chi connectivity index (χ4v) is 4.33. The van der Waals surface area contributed by atoms with Gasteiger partial charge in [-0.15, -0.1) is 5.10 Å². The molecule has 0 bridgehead atoms. The lowest BCUT2D eigenvalue weighted by atomic mass is 10.1. The second kappa shape index (κ2) is 9.31. The van der Waals surface area contributed by atoms with Gasteiger partial charge in [0.1, 0.15) is 10.6 Å². The largest absolute Gasteiger partial charge is 0.494 e. The first-order valence-corrected chi connectivity index (χ1v) is 11.4. The molecule has 158 valence electrons. The van der Waals surface area contributed by atoms with E-state index in [-0.39, 0.29) is 21.8 Å². The second-order valence-electron chi connectivity index (χ2n) is 6.33. The first-order valence-electron chi connectivity index (χ1n) is 9.15. The molecular weight excluding hydrogens is 426 g/mol. The number of thioether (sulfide) groups is 1. The number of carbonyl (C=O) groups excluding carboxylic acids is 1. The van der Waals surface area contributed by atoms with Crippen molar-refractivity contribution in [3.8, 4) is 11.5 Å². The number of benzene rings is 2. The minimum absolute atomic E-state index is 0.0105. The number of carbonyl (C=O) groups is 1. The Hall–Kier alpha value is -2.85. The summed E-state index contributed by atoms with van der Waals surface area (Å²) in [5, 5.41) is 10.7. The number of aryl methyl sites for hydroxylation is 1. The SMILES string of the molecule is CCOc1ccc(S(=O)(=O)Oc2c(C)cccc2/C=N\N=C2\NC(=O)[C@@H](C)S2)cc1. The van der Waals surface area contributed by atoms with E-state index in [0.717, 1.165) is 0 Å². The highest BCUT2D eigenvalue weighted by Crippen LogP contribution is 2.27. The molecule has 1 heterocycles. The maximum absolute atomic E-state index is 12.7.